The van der Waals surface area contributed by atoms with Crippen LogP contribution in [0.4, 0.5) is 0 Å². The number of nitrogens with zero attached hydrogens (tertiary/aromatic N) is 1. The third-order valence-corrected chi connectivity index (χ3v) is 3.38. The lowest BCUT2D eigenvalue weighted by Gasteiger charge is -2.50. The molecule has 1 atom stereocenters. The molecule has 2 heteroatoms. The minimum absolute atomic E-state index is 0.495. The third-order valence-electron chi connectivity index (χ3n) is 3.38. The Bertz CT molecular complexity index is 152. The summed E-state index contributed by atoms with van der Waals surface area (Å²) < 4.78 is 5.47. The molecule has 0 aromatic heterocycles. The zero-order chi connectivity index (χ0) is 8.44. The summed E-state index contributed by atoms with van der Waals surface area (Å²) in [5.41, 5.74) is 0.495. The highest BCUT2D eigenvalue weighted by Gasteiger charge is 2.46. The van der Waals surface area contributed by atoms with Gasteiger partial charge in [-0.3, -0.25) is 4.90 Å². The topological polar surface area (TPSA) is 12.5 Å². The monoisotopic (exact) mass is 169 g/mol. The van der Waals surface area contributed by atoms with Gasteiger partial charge < -0.3 is 4.74 Å². The van der Waals surface area contributed by atoms with Gasteiger partial charge in [0, 0.05) is 18.7 Å². The summed E-state index contributed by atoms with van der Waals surface area (Å²) in [4.78, 5) is 2.63. The lowest BCUT2D eigenvalue weighted by atomic mass is 9.84. The van der Waals surface area contributed by atoms with Gasteiger partial charge in [-0.25, -0.2) is 0 Å². The largest absolute Gasteiger partial charge is 0.379 e. The van der Waals surface area contributed by atoms with Gasteiger partial charge in [0.05, 0.1) is 6.61 Å². The van der Waals surface area contributed by atoms with Crippen LogP contribution in [0.15, 0.2) is 0 Å². The van der Waals surface area contributed by atoms with E-state index in [0.717, 1.165) is 13.2 Å². The Labute approximate surface area is 74.9 Å². The van der Waals surface area contributed by atoms with E-state index in [9.17, 15) is 0 Å². The molecule has 2 aliphatic heterocycles. The van der Waals surface area contributed by atoms with Crippen molar-refractivity contribution in [3.63, 3.8) is 0 Å². The van der Waals surface area contributed by atoms with Crippen LogP contribution in [0.1, 0.15) is 32.6 Å². The van der Waals surface area contributed by atoms with Crippen molar-refractivity contribution in [2.75, 3.05) is 26.3 Å². The zero-order valence-corrected chi connectivity index (χ0v) is 8.01. The second kappa shape index (κ2) is 3.35. The fourth-order valence-corrected chi connectivity index (χ4v) is 2.33. The van der Waals surface area contributed by atoms with E-state index in [0.29, 0.717) is 5.54 Å². The second-order valence-corrected chi connectivity index (χ2v) is 4.12. The molecule has 2 nitrogen and oxygen atoms in total. The van der Waals surface area contributed by atoms with Crippen LogP contribution in [0.3, 0.4) is 0 Å². The summed E-state index contributed by atoms with van der Waals surface area (Å²) in [6, 6.07) is 0. The Morgan fingerprint density at radius 2 is 2.33 bits per heavy atom. The molecule has 2 rings (SSSR count). The third kappa shape index (κ3) is 1.27. The molecule has 2 fully saturated rings. The zero-order valence-electron chi connectivity index (χ0n) is 8.01. The van der Waals surface area contributed by atoms with Crippen molar-refractivity contribution in [3.8, 4) is 0 Å². The van der Waals surface area contributed by atoms with E-state index >= 15 is 0 Å². The maximum atomic E-state index is 5.47. The minimum atomic E-state index is 0.495. The van der Waals surface area contributed by atoms with Crippen molar-refractivity contribution in [1.29, 1.82) is 0 Å². The first-order valence-electron chi connectivity index (χ1n) is 5.20. The van der Waals surface area contributed by atoms with Gasteiger partial charge >= 0.3 is 0 Å². The first-order valence-corrected chi connectivity index (χ1v) is 5.20. The molecule has 1 spiro atoms. The van der Waals surface area contributed by atoms with E-state index < -0.39 is 0 Å². The van der Waals surface area contributed by atoms with Crippen LogP contribution in [0.2, 0.25) is 0 Å². The molecule has 2 heterocycles. The summed E-state index contributed by atoms with van der Waals surface area (Å²) in [5.74, 6) is 0. The highest BCUT2D eigenvalue weighted by Crippen LogP contribution is 2.37. The van der Waals surface area contributed by atoms with E-state index in [2.05, 4.69) is 11.8 Å². The van der Waals surface area contributed by atoms with Crippen LogP contribution >= 0.6 is 0 Å². The molecule has 2 aliphatic rings. The first-order chi connectivity index (χ1) is 5.87. The lowest BCUT2D eigenvalue weighted by Crippen LogP contribution is -2.60. The molecule has 2 saturated heterocycles. The summed E-state index contributed by atoms with van der Waals surface area (Å²) in [6.07, 6.45) is 5.31. The van der Waals surface area contributed by atoms with Crippen LogP contribution in [-0.4, -0.2) is 36.7 Å². The van der Waals surface area contributed by atoms with E-state index in [-0.39, 0.29) is 0 Å². The average Bonchev–Trinajstić information content (AvgIpc) is 2.53. The van der Waals surface area contributed by atoms with Crippen molar-refractivity contribution >= 4 is 0 Å². The molecule has 0 aromatic carbocycles. The SMILES string of the molecule is CCCCN1CCC12CCOC2. The molecular weight excluding hydrogens is 150 g/mol. The fraction of sp³-hybridized carbons (Fsp3) is 1.00. The van der Waals surface area contributed by atoms with Gasteiger partial charge in [-0.15, -0.1) is 0 Å². The molecule has 12 heavy (non-hydrogen) atoms. The summed E-state index contributed by atoms with van der Waals surface area (Å²) in [6.45, 7) is 6.85. The van der Waals surface area contributed by atoms with E-state index in [4.69, 9.17) is 4.74 Å². The van der Waals surface area contributed by atoms with Crippen molar-refractivity contribution in [1.82, 2.24) is 4.90 Å². The molecule has 1 unspecified atom stereocenters. The Kier molecular flexibility index (Phi) is 2.37. The van der Waals surface area contributed by atoms with Crippen LogP contribution in [0, 0.1) is 0 Å². The fourth-order valence-electron chi connectivity index (χ4n) is 2.33. The maximum absolute atomic E-state index is 5.47. The highest BCUT2D eigenvalue weighted by atomic mass is 16.5. The van der Waals surface area contributed by atoms with Gasteiger partial charge in [-0.2, -0.15) is 0 Å². The normalized spacial score (nSPS) is 35.8. The predicted molar refractivity (Wildman–Crippen MR) is 49.3 cm³/mol. The number of rotatable bonds is 3. The molecule has 0 bridgehead atoms. The molecule has 0 amide bonds. The molecular formula is C10H19NO. The molecule has 0 radical (unpaired) electrons. The summed E-state index contributed by atoms with van der Waals surface area (Å²) in [7, 11) is 0. The van der Waals surface area contributed by atoms with E-state index in [1.165, 1.54) is 38.8 Å². The van der Waals surface area contributed by atoms with Gasteiger partial charge in [-0.1, -0.05) is 13.3 Å². The van der Waals surface area contributed by atoms with Crippen molar-refractivity contribution in [2.45, 2.75) is 38.1 Å². The van der Waals surface area contributed by atoms with Gasteiger partial charge in [0.15, 0.2) is 0 Å². The minimum Gasteiger partial charge on any atom is -0.379 e. The number of ether oxygens (including phenoxy) is 1. The lowest BCUT2D eigenvalue weighted by molar-refractivity contribution is -0.0212. The van der Waals surface area contributed by atoms with E-state index in [1.54, 1.807) is 0 Å². The second-order valence-electron chi connectivity index (χ2n) is 4.12. The highest BCUT2D eigenvalue weighted by molar-refractivity contribution is 5.01. The molecule has 0 aliphatic carbocycles. The van der Waals surface area contributed by atoms with Crippen LogP contribution in [0.5, 0.6) is 0 Å². The summed E-state index contributed by atoms with van der Waals surface area (Å²) in [5, 5.41) is 0. The smallest absolute Gasteiger partial charge is 0.0651 e. The van der Waals surface area contributed by atoms with Crippen molar-refractivity contribution < 1.29 is 4.74 Å². The van der Waals surface area contributed by atoms with Crippen molar-refractivity contribution in [3.05, 3.63) is 0 Å². The van der Waals surface area contributed by atoms with Crippen molar-refractivity contribution in [2.24, 2.45) is 0 Å². The molecule has 70 valence electrons. The number of likely N-dealkylation sites (tertiary alicyclic amines) is 1. The Balaban J connectivity index is 1.83. The number of hydrogen-bond donors (Lipinski definition) is 0. The number of unbranched alkanes of at least 4 members (excludes halogenated alkanes) is 1. The Hall–Kier alpha value is -0.0800. The predicted octanol–water partition coefficient (Wildman–Crippen LogP) is 1.65. The first kappa shape index (κ1) is 8.52. The van der Waals surface area contributed by atoms with E-state index in [1.807, 2.05) is 0 Å². The quantitative estimate of drug-likeness (QED) is 0.637. The van der Waals surface area contributed by atoms with Gasteiger partial charge in [0.1, 0.15) is 0 Å². The van der Waals surface area contributed by atoms with Crippen LogP contribution in [-0.2, 0) is 4.74 Å². The average molecular weight is 169 g/mol. The molecule has 0 saturated carbocycles. The van der Waals surface area contributed by atoms with Gasteiger partial charge in [0.2, 0.25) is 0 Å². The van der Waals surface area contributed by atoms with Gasteiger partial charge in [-0.05, 0) is 25.8 Å². The molecule has 0 N–H and O–H groups in total. The summed E-state index contributed by atoms with van der Waals surface area (Å²) >= 11 is 0. The van der Waals surface area contributed by atoms with Crippen LogP contribution < -0.4 is 0 Å². The number of hydrogen-bond acceptors (Lipinski definition) is 2. The maximum Gasteiger partial charge on any atom is 0.0651 e. The Morgan fingerprint density at radius 3 is 2.83 bits per heavy atom. The Morgan fingerprint density at radius 1 is 1.42 bits per heavy atom. The van der Waals surface area contributed by atoms with Crippen LogP contribution in [0.25, 0.3) is 0 Å². The van der Waals surface area contributed by atoms with Gasteiger partial charge in [0.25, 0.3) is 0 Å². The molecule has 0 aromatic rings. The standard InChI is InChI=1S/C10H19NO/c1-2-3-6-11-7-4-10(11)5-8-12-9-10/h2-9H2,1H3.